The first-order valence-electron chi connectivity index (χ1n) is 6.11. The zero-order valence-corrected chi connectivity index (χ0v) is 12.1. The number of rotatable bonds is 6. The first kappa shape index (κ1) is 16.0. The summed E-state index contributed by atoms with van der Waals surface area (Å²) in [6.07, 6.45) is -1.02. The maximum Gasteiger partial charge on any atom is 0.400 e. The van der Waals surface area contributed by atoms with Crippen molar-refractivity contribution in [2.45, 2.75) is 52.0 Å². The third-order valence-corrected chi connectivity index (χ3v) is 4.98. The summed E-state index contributed by atoms with van der Waals surface area (Å²) < 4.78 is 55.8. The van der Waals surface area contributed by atoms with E-state index in [-0.39, 0.29) is 19.6 Å². The minimum absolute atomic E-state index is 0.111. The molecule has 0 radical (unpaired) electrons. The highest BCUT2D eigenvalue weighted by atomic mass is 31.2. The van der Waals surface area contributed by atoms with Crippen molar-refractivity contribution in [2.75, 3.05) is 13.2 Å². The van der Waals surface area contributed by atoms with E-state index in [1.165, 1.54) is 0 Å². The number of ether oxygens (including phenoxy) is 1. The molecule has 0 saturated carbocycles. The lowest BCUT2D eigenvalue weighted by atomic mass is 10.1. The lowest BCUT2D eigenvalue weighted by Crippen LogP contribution is -2.32. The number of hydrogen-bond acceptors (Lipinski definition) is 4. The van der Waals surface area contributed by atoms with E-state index in [1.807, 2.05) is 0 Å². The summed E-state index contributed by atoms with van der Waals surface area (Å²) >= 11 is 0. The third-order valence-electron chi connectivity index (χ3n) is 2.49. The SMILES string of the molecule is CC(C)OP(=O)(OC(C)C)C(F)(F)C1CCOC1. The van der Waals surface area contributed by atoms with Gasteiger partial charge < -0.3 is 13.8 Å². The molecule has 1 fully saturated rings. The van der Waals surface area contributed by atoms with Gasteiger partial charge in [0, 0.05) is 6.61 Å². The molecule has 7 heteroatoms. The fraction of sp³-hybridized carbons (Fsp3) is 1.00. The summed E-state index contributed by atoms with van der Waals surface area (Å²) in [4.78, 5) is 0. The molecule has 18 heavy (non-hydrogen) atoms. The van der Waals surface area contributed by atoms with E-state index in [1.54, 1.807) is 27.7 Å². The van der Waals surface area contributed by atoms with Crippen molar-refractivity contribution in [3.8, 4) is 0 Å². The zero-order valence-electron chi connectivity index (χ0n) is 11.2. The second-order valence-electron chi connectivity index (χ2n) is 4.95. The van der Waals surface area contributed by atoms with Crippen LogP contribution >= 0.6 is 7.60 Å². The van der Waals surface area contributed by atoms with Gasteiger partial charge in [0.1, 0.15) is 0 Å². The molecule has 1 aliphatic rings. The Morgan fingerprint density at radius 1 is 1.22 bits per heavy atom. The summed E-state index contributed by atoms with van der Waals surface area (Å²) in [5.41, 5.74) is -3.52. The highest BCUT2D eigenvalue weighted by molar-refractivity contribution is 7.55. The molecule has 0 amide bonds. The van der Waals surface area contributed by atoms with Crippen LogP contribution in [0, 0.1) is 5.92 Å². The summed E-state index contributed by atoms with van der Waals surface area (Å²) in [7, 11) is -4.50. The fourth-order valence-electron chi connectivity index (χ4n) is 1.75. The number of halogens is 2. The van der Waals surface area contributed by atoms with Gasteiger partial charge in [-0.25, -0.2) is 0 Å². The van der Waals surface area contributed by atoms with E-state index in [0.29, 0.717) is 0 Å². The minimum Gasteiger partial charge on any atom is -0.381 e. The fourth-order valence-corrected chi connectivity index (χ4v) is 3.84. The van der Waals surface area contributed by atoms with E-state index in [4.69, 9.17) is 13.8 Å². The van der Waals surface area contributed by atoms with Crippen molar-refractivity contribution in [3.63, 3.8) is 0 Å². The Morgan fingerprint density at radius 3 is 2.06 bits per heavy atom. The maximum absolute atomic E-state index is 14.3. The van der Waals surface area contributed by atoms with Gasteiger partial charge >= 0.3 is 13.3 Å². The largest absolute Gasteiger partial charge is 0.400 e. The third kappa shape index (κ3) is 3.50. The molecular formula is C11H21F2O4P. The van der Waals surface area contributed by atoms with Gasteiger partial charge in [-0.3, -0.25) is 4.57 Å². The predicted octanol–water partition coefficient (Wildman–Crippen LogP) is 3.66. The normalized spacial score (nSPS) is 22.1. The highest BCUT2D eigenvalue weighted by Gasteiger charge is 2.60. The molecule has 1 rings (SSSR count). The molecular weight excluding hydrogens is 265 g/mol. The van der Waals surface area contributed by atoms with Gasteiger partial charge in [-0.15, -0.1) is 0 Å². The molecule has 1 saturated heterocycles. The quantitative estimate of drug-likeness (QED) is 0.699. The van der Waals surface area contributed by atoms with E-state index in [0.717, 1.165) is 0 Å². The molecule has 0 bridgehead atoms. The standard InChI is InChI=1S/C11H21F2O4P/c1-8(2)16-18(14,17-9(3)4)11(12,13)10-5-6-15-7-10/h8-10H,5-7H2,1-4H3. The Balaban J connectivity index is 2.96. The van der Waals surface area contributed by atoms with Crippen LogP contribution in [0.3, 0.4) is 0 Å². The molecule has 108 valence electrons. The lowest BCUT2D eigenvalue weighted by Gasteiger charge is -2.32. The first-order valence-corrected chi connectivity index (χ1v) is 7.66. The number of hydrogen-bond donors (Lipinski definition) is 0. The van der Waals surface area contributed by atoms with Crippen LogP contribution in [-0.2, 0) is 18.3 Å². The molecule has 4 nitrogen and oxygen atoms in total. The maximum atomic E-state index is 14.3. The number of alkyl halides is 2. The van der Waals surface area contributed by atoms with Crippen LogP contribution in [0.4, 0.5) is 8.78 Å². The molecule has 1 unspecified atom stereocenters. The van der Waals surface area contributed by atoms with Crippen molar-refractivity contribution in [1.29, 1.82) is 0 Å². The van der Waals surface area contributed by atoms with Crippen LogP contribution in [0.5, 0.6) is 0 Å². The average molecular weight is 286 g/mol. The van der Waals surface area contributed by atoms with Crippen molar-refractivity contribution in [1.82, 2.24) is 0 Å². The Kier molecular flexibility index (Phi) is 5.30. The van der Waals surface area contributed by atoms with E-state index < -0.39 is 31.4 Å². The van der Waals surface area contributed by atoms with Gasteiger partial charge in [-0.05, 0) is 34.1 Å². The molecule has 0 aliphatic carbocycles. The molecule has 1 aliphatic heterocycles. The smallest absolute Gasteiger partial charge is 0.381 e. The molecule has 0 aromatic heterocycles. The summed E-state index contributed by atoms with van der Waals surface area (Å²) in [6.45, 7) is 6.35. The van der Waals surface area contributed by atoms with Crippen LogP contribution in [-0.4, -0.2) is 31.1 Å². The van der Waals surface area contributed by atoms with Crippen LogP contribution < -0.4 is 0 Å². The van der Waals surface area contributed by atoms with Crippen LogP contribution in [0.2, 0.25) is 0 Å². The lowest BCUT2D eigenvalue weighted by molar-refractivity contribution is -0.0261. The first-order chi connectivity index (χ1) is 8.19. The second-order valence-corrected chi connectivity index (χ2v) is 6.97. The van der Waals surface area contributed by atoms with Gasteiger partial charge in [0.25, 0.3) is 0 Å². The Labute approximate surface area is 107 Å². The van der Waals surface area contributed by atoms with Crippen LogP contribution in [0.15, 0.2) is 0 Å². The molecule has 0 aromatic rings. The van der Waals surface area contributed by atoms with Crippen molar-refractivity contribution in [3.05, 3.63) is 0 Å². The molecule has 0 spiro atoms. The summed E-state index contributed by atoms with van der Waals surface area (Å²) in [5.74, 6) is -1.11. The van der Waals surface area contributed by atoms with Gasteiger partial charge in [0.05, 0.1) is 24.7 Å². The van der Waals surface area contributed by atoms with E-state index >= 15 is 0 Å². The second kappa shape index (κ2) is 5.95. The van der Waals surface area contributed by atoms with Crippen molar-refractivity contribution >= 4 is 7.60 Å². The van der Waals surface area contributed by atoms with Crippen LogP contribution in [0.1, 0.15) is 34.1 Å². The molecule has 0 aromatic carbocycles. The van der Waals surface area contributed by atoms with Gasteiger partial charge in [-0.1, -0.05) is 0 Å². The Bertz CT molecular complexity index is 300. The summed E-state index contributed by atoms with van der Waals surface area (Å²) in [5, 5.41) is 0. The molecule has 1 atom stereocenters. The van der Waals surface area contributed by atoms with Crippen molar-refractivity contribution in [2.24, 2.45) is 5.92 Å². The van der Waals surface area contributed by atoms with Crippen molar-refractivity contribution < 1.29 is 27.1 Å². The van der Waals surface area contributed by atoms with Gasteiger partial charge in [0.15, 0.2) is 0 Å². The molecule has 1 heterocycles. The van der Waals surface area contributed by atoms with E-state index in [9.17, 15) is 13.3 Å². The van der Waals surface area contributed by atoms with Gasteiger partial charge in [-0.2, -0.15) is 8.78 Å². The average Bonchev–Trinajstić information content (AvgIpc) is 2.66. The predicted molar refractivity (Wildman–Crippen MR) is 63.9 cm³/mol. The van der Waals surface area contributed by atoms with E-state index in [2.05, 4.69) is 0 Å². The minimum atomic E-state index is -4.50. The van der Waals surface area contributed by atoms with Gasteiger partial charge in [0.2, 0.25) is 0 Å². The summed E-state index contributed by atoms with van der Waals surface area (Å²) in [6, 6.07) is 0. The Morgan fingerprint density at radius 2 is 1.72 bits per heavy atom. The zero-order chi connectivity index (χ0) is 14.0. The molecule has 0 N–H and O–H groups in total. The monoisotopic (exact) mass is 286 g/mol. The van der Waals surface area contributed by atoms with Crippen LogP contribution in [0.25, 0.3) is 0 Å². The topological polar surface area (TPSA) is 44.8 Å². The highest BCUT2D eigenvalue weighted by Crippen LogP contribution is 2.66. The Hall–Kier alpha value is -0.0300.